The molecule has 1 saturated heterocycles. The Balaban J connectivity index is 1.68. The van der Waals surface area contributed by atoms with E-state index < -0.39 is 0 Å². The first-order valence-corrected chi connectivity index (χ1v) is 8.63. The highest BCUT2D eigenvalue weighted by molar-refractivity contribution is 6.04. The summed E-state index contributed by atoms with van der Waals surface area (Å²) < 4.78 is 0. The summed E-state index contributed by atoms with van der Waals surface area (Å²) in [4.78, 5) is 23.4. The molecule has 1 aliphatic heterocycles. The zero-order valence-electron chi connectivity index (χ0n) is 14.3. The average Bonchev–Trinajstić information content (AvgIpc) is 2.63. The van der Waals surface area contributed by atoms with Gasteiger partial charge in [0.05, 0.1) is 5.56 Å². The van der Waals surface area contributed by atoms with Crippen LogP contribution in [0.25, 0.3) is 0 Å². The molecule has 2 heterocycles. The van der Waals surface area contributed by atoms with Gasteiger partial charge in [0.2, 0.25) is 5.95 Å². The molecule has 1 fully saturated rings. The minimum atomic E-state index is -0.172. The summed E-state index contributed by atoms with van der Waals surface area (Å²) in [6.07, 6.45) is 6.44. The van der Waals surface area contributed by atoms with Crippen LogP contribution >= 0.6 is 0 Å². The molecule has 0 aliphatic carbocycles. The topological polar surface area (TPSA) is 58.1 Å². The third-order valence-electron chi connectivity index (χ3n) is 4.61. The largest absolute Gasteiger partial charge is 0.341 e. The average molecular weight is 324 g/mol. The first kappa shape index (κ1) is 16.4. The minimum Gasteiger partial charge on any atom is -0.341 e. The van der Waals surface area contributed by atoms with E-state index in [1.54, 1.807) is 12.4 Å². The van der Waals surface area contributed by atoms with Gasteiger partial charge in [0, 0.05) is 31.2 Å². The van der Waals surface area contributed by atoms with Gasteiger partial charge in [0.15, 0.2) is 0 Å². The molecule has 0 atom stereocenters. The highest BCUT2D eigenvalue weighted by atomic mass is 16.1. The Hall–Kier alpha value is -2.43. The Morgan fingerprint density at radius 3 is 2.54 bits per heavy atom. The quantitative estimate of drug-likeness (QED) is 0.935. The normalized spacial score (nSPS) is 15.3. The number of hydrogen-bond acceptors (Lipinski definition) is 4. The van der Waals surface area contributed by atoms with E-state index in [1.807, 2.05) is 24.3 Å². The molecule has 0 spiro atoms. The van der Waals surface area contributed by atoms with Crippen molar-refractivity contribution in [3.05, 3.63) is 47.8 Å². The molecule has 0 saturated carbocycles. The fraction of sp³-hybridized carbons (Fsp3) is 0.421. The maximum atomic E-state index is 12.4. The van der Waals surface area contributed by atoms with Gasteiger partial charge >= 0.3 is 0 Å². The number of nitrogens with zero attached hydrogens (tertiary/aromatic N) is 3. The molecule has 0 unspecified atom stereocenters. The molecule has 1 aliphatic rings. The number of nitrogens with one attached hydrogen (secondary N) is 1. The van der Waals surface area contributed by atoms with Crippen LogP contribution < -0.4 is 10.2 Å². The summed E-state index contributed by atoms with van der Waals surface area (Å²) in [6, 6.07) is 7.84. The maximum Gasteiger partial charge on any atom is 0.258 e. The summed E-state index contributed by atoms with van der Waals surface area (Å²) in [7, 11) is 0. The van der Waals surface area contributed by atoms with Crippen LogP contribution in [0.15, 0.2) is 36.7 Å². The van der Waals surface area contributed by atoms with Gasteiger partial charge in [0.1, 0.15) is 0 Å². The number of carbonyl (C=O) groups excluding carboxylic acids is 1. The number of hydrogen-bond donors (Lipinski definition) is 1. The Morgan fingerprint density at radius 2 is 1.88 bits per heavy atom. The van der Waals surface area contributed by atoms with Gasteiger partial charge in [0.25, 0.3) is 5.91 Å². The van der Waals surface area contributed by atoms with Crippen molar-refractivity contribution in [3.63, 3.8) is 0 Å². The first-order chi connectivity index (χ1) is 11.7. The van der Waals surface area contributed by atoms with Gasteiger partial charge in [-0.25, -0.2) is 9.97 Å². The minimum absolute atomic E-state index is 0.172. The lowest BCUT2D eigenvalue weighted by molar-refractivity contribution is 0.102. The van der Waals surface area contributed by atoms with Crippen LogP contribution in [0.4, 0.5) is 11.6 Å². The Morgan fingerprint density at radius 1 is 1.21 bits per heavy atom. The SMILES string of the molecule is CCc1ccccc1NC(=O)c1cnc(N2CCC(C)CC2)nc1. The lowest BCUT2D eigenvalue weighted by Gasteiger charge is -2.30. The zero-order valence-corrected chi connectivity index (χ0v) is 14.3. The fourth-order valence-corrected chi connectivity index (χ4v) is 2.96. The number of rotatable bonds is 4. The number of piperidine rings is 1. The summed E-state index contributed by atoms with van der Waals surface area (Å²) in [5.41, 5.74) is 2.44. The summed E-state index contributed by atoms with van der Waals surface area (Å²) in [5.74, 6) is 1.31. The van der Waals surface area contributed by atoms with E-state index in [0.717, 1.165) is 36.7 Å². The zero-order chi connectivity index (χ0) is 16.9. The molecule has 3 rings (SSSR count). The van der Waals surface area contributed by atoms with Crippen molar-refractivity contribution >= 4 is 17.5 Å². The highest BCUT2D eigenvalue weighted by Crippen LogP contribution is 2.20. The number of carbonyl (C=O) groups is 1. The Labute approximate surface area is 143 Å². The monoisotopic (exact) mass is 324 g/mol. The van der Waals surface area contributed by atoms with Gasteiger partial charge < -0.3 is 10.2 Å². The molecule has 1 N–H and O–H groups in total. The third kappa shape index (κ3) is 3.72. The second-order valence-corrected chi connectivity index (χ2v) is 6.41. The van der Waals surface area contributed by atoms with Crippen molar-refractivity contribution in [2.24, 2.45) is 5.92 Å². The van der Waals surface area contributed by atoms with Crippen molar-refractivity contribution < 1.29 is 4.79 Å². The number of para-hydroxylation sites is 1. The molecule has 2 aromatic rings. The van der Waals surface area contributed by atoms with Crippen LogP contribution in [0.2, 0.25) is 0 Å². The molecule has 1 aromatic carbocycles. The van der Waals surface area contributed by atoms with Gasteiger partial charge in [-0.1, -0.05) is 32.0 Å². The number of aryl methyl sites for hydroxylation is 1. The highest BCUT2D eigenvalue weighted by Gasteiger charge is 2.18. The van der Waals surface area contributed by atoms with Gasteiger partial charge in [-0.05, 0) is 36.8 Å². The lowest BCUT2D eigenvalue weighted by atomic mass is 10.00. The number of anilines is 2. The van der Waals surface area contributed by atoms with Crippen molar-refractivity contribution in [2.75, 3.05) is 23.3 Å². The molecule has 126 valence electrons. The third-order valence-corrected chi connectivity index (χ3v) is 4.61. The van der Waals surface area contributed by atoms with E-state index in [4.69, 9.17) is 0 Å². The summed E-state index contributed by atoms with van der Waals surface area (Å²) >= 11 is 0. The first-order valence-electron chi connectivity index (χ1n) is 8.63. The van der Waals surface area contributed by atoms with Crippen molar-refractivity contribution in [2.45, 2.75) is 33.1 Å². The van der Waals surface area contributed by atoms with Crippen LogP contribution in [-0.2, 0) is 6.42 Å². The van der Waals surface area contributed by atoms with E-state index in [-0.39, 0.29) is 5.91 Å². The van der Waals surface area contributed by atoms with E-state index in [1.165, 1.54) is 12.8 Å². The molecule has 24 heavy (non-hydrogen) atoms. The molecule has 5 heteroatoms. The second kappa shape index (κ2) is 7.43. The molecule has 1 amide bonds. The van der Waals surface area contributed by atoms with E-state index in [2.05, 4.69) is 34.0 Å². The van der Waals surface area contributed by atoms with Crippen LogP contribution in [0, 0.1) is 5.92 Å². The Kier molecular flexibility index (Phi) is 5.08. The van der Waals surface area contributed by atoms with Crippen molar-refractivity contribution in [1.29, 1.82) is 0 Å². The summed E-state index contributed by atoms with van der Waals surface area (Å²) in [5, 5.41) is 2.95. The molecular weight excluding hydrogens is 300 g/mol. The fourth-order valence-electron chi connectivity index (χ4n) is 2.96. The molecule has 5 nitrogen and oxygen atoms in total. The van der Waals surface area contributed by atoms with E-state index in [0.29, 0.717) is 11.5 Å². The molecule has 1 aromatic heterocycles. The van der Waals surface area contributed by atoms with Crippen molar-refractivity contribution in [1.82, 2.24) is 9.97 Å². The smallest absolute Gasteiger partial charge is 0.258 e. The van der Waals surface area contributed by atoms with Crippen LogP contribution in [0.3, 0.4) is 0 Å². The van der Waals surface area contributed by atoms with Crippen LogP contribution in [-0.4, -0.2) is 29.0 Å². The van der Waals surface area contributed by atoms with E-state index >= 15 is 0 Å². The molecule has 0 bridgehead atoms. The van der Waals surface area contributed by atoms with Gasteiger partial charge in [-0.3, -0.25) is 4.79 Å². The van der Waals surface area contributed by atoms with Crippen molar-refractivity contribution in [3.8, 4) is 0 Å². The van der Waals surface area contributed by atoms with Crippen LogP contribution in [0.5, 0.6) is 0 Å². The predicted octanol–water partition coefficient (Wildman–Crippen LogP) is 3.53. The molecule has 0 radical (unpaired) electrons. The van der Waals surface area contributed by atoms with Crippen LogP contribution in [0.1, 0.15) is 42.6 Å². The molecular formula is C19H24N4O. The van der Waals surface area contributed by atoms with Gasteiger partial charge in [-0.15, -0.1) is 0 Å². The predicted molar refractivity (Wildman–Crippen MR) is 96.4 cm³/mol. The number of aromatic nitrogens is 2. The standard InChI is InChI=1S/C19H24N4O/c1-3-15-6-4-5-7-17(15)22-18(24)16-12-20-19(21-13-16)23-10-8-14(2)9-11-23/h4-7,12-14H,3,8-11H2,1-2H3,(H,22,24). The number of amides is 1. The number of benzene rings is 1. The lowest BCUT2D eigenvalue weighted by Crippen LogP contribution is -2.34. The second-order valence-electron chi connectivity index (χ2n) is 6.41. The maximum absolute atomic E-state index is 12.4. The van der Waals surface area contributed by atoms with E-state index in [9.17, 15) is 4.79 Å². The Bertz CT molecular complexity index is 691. The summed E-state index contributed by atoms with van der Waals surface area (Å²) in [6.45, 7) is 6.31. The van der Waals surface area contributed by atoms with Gasteiger partial charge in [-0.2, -0.15) is 0 Å².